The molecule has 0 aromatic heterocycles. The molecule has 1 rings (SSSR count). The maximum atomic E-state index is 11.1. The molecule has 0 aliphatic rings. The molecule has 0 saturated heterocycles. The number of carbonyl (C=O) groups excluding carboxylic acids is 1. The zero-order chi connectivity index (χ0) is 11.4. The molecule has 2 nitrogen and oxygen atoms in total. The number of aryl methyl sites for hydroxylation is 1. The van der Waals surface area contributed by atoms with Crippen molar-refractivity contribution in [3.63, 3.8) is 0 Å². The van der Waals surface area contributed by atoms with E-state index < -0.39 is 5.38 Å². The van der Waals surface area contributed by atoms with E-state index in [0.717, 1.165) is 16.9 Å². The van der Waals surface area contributed by atoms with Crippen LogP contribution >= 0.6 is 11.6 Å². The molecule has 0 amide bonds. The Labute approximate surface area is 95.2 Å². The minimum Gasteiger partial charge on any atom is -0.494 e. The van der Waals surface area contributed by atoms with Crippen molar-refractivity contribution in [2.45, 2.75) is 26.1 Å². The van der Waals surface area contributed by atoms with Gasteiger partial charge in [0.15, 0.2) is 5.78 Å². The highest BCUT2D eigenvalue weighted by Gasteiger charge is 2.15. The lowest BCUT2D eigenvalue weighted by Gasteiger charge is -2.11. The van der Waals surface area contributed by atoms with Gasteiger partial charge in [-0.25, -0.2) is 0 Å². The molecule has 0 saturated carbocycles. The predicted molar refractivity (Wildman–Crippen MR) is 61.6 cm³/mol. The normalized spacial score (nSPS) is 12.3. The average molecular weight is 227 g/mol. The molecule has 0 aliphatic carbocycles. The fourth-order valence-electron chi connectivity index (χ4n) is 1.41. The largest absolute Gasteiger partial charge is 0.494 e. The van der Waals surface area contributed by atoms with Gasteiger partial charge in [-0.15, -0.1) is 11.6 Å². The van der Waals surface area contributed by atoms with Crippen molar-refractivity contribution in [1.29, 1.82) is 0 Å². The molecule has 0 radical (unpaired) electrons. The Morgan fingerprint density at radius 3 is 2.67 bits per heavy atom. The van der Waals surface area contributed by atoms with Crippen LogP contribution in [-0.2, 0) is 4.79 Å². The van der Waals surface area contributed by atoms with E-state index in [4.69, 9.17) is 16.3 Å². The molecule has 0 fully saturated rings. The van der Waals surface area contributed by atoms with Gasteiger partial charge < -0.3 is 4.74 Å². The van der Waals surface area contributed by atoms with Gasteiger partial charge in [-0.2, -0.15) is 0 Å². The number of hydrogen-bond acceptors (Lipinski definition) is 2. The average Bonchev–Trinajstić information content (AvgIpc) is 2.17. The Morgan fingerprint density at radius 2 is 2.20 bits per heavy atom. The van der Waals surface area contributed by atoms with Gasteiger partial charge in [-0.05, 0) is 44.0 Å². The first kappa shape index (κ1) is 12.1. The monoisotopic (exact) mass is 226 g/mol. The van der Waals surface area contributed by atoms with Crippen LogP contribution in [0.2, 0.25) is 0 Å². The molecule has 0 heterocycles. The Morgan fingerprint density at radius 1 is 1.53 bits per heavy atom. The van der Waals surface area contributed by atoms with Crippen LogP contribution in [0, 0.1) is 6.92 Å². The molecule has 1 unspecified atom stereocenters. The van der Waals surface area contributed by atoms with Crippen LogP contribution in [0.25, 0.3) is 0 Å². The predicted octanol–water partition coefficient (Wildman–Crippen LogP) is 3.26. The third-order valence-electron chi connectivity index (χ3n) is 2.18. The van der Waals surface area contributed by atoms with Crippen molar-refractivity contribution in [3.8, 4) is 5.75 Å². The minimum absolute atomic E-state index is 0.0380. The highest BCUT2D eigenvalue weighted by Crippen LogP contribution is 2.27. The van der Waals surface area contributed by atoms with E-state index in [0.29, 0.717) is 6.61 Å². The van der Waals surface area contributed by atoms with E-state index in [-0.39, 0.29) is 5.78 Å². The highest BCUT2D eigenvalue weighted by atomic mass is 35.5. The fourth-order valence-corrected chi connectivity index (χ4v) is 1.65. The summed E-state index contributed by atoms with van der Waals surface area (Å²) in [6.07, 6.45) is 0. The number of Topliss-reactive ketones (excluding diaryl/α,β-unsaturated/α-hetero) is 1. The maximum Gasteiger partial charge on any atom is 0.152 e. The SMILES string of the molecule is CCOc1ccc(C(Cl)C(C)=O)c(C)c1. The summed E-state index contributed by atoms with van der Waals surface area (Å²) in [5.74, 6) is 0.773. The second-order valence-electron chi connectivity index (χ2n) is 3.42. The standard InChI is InChI=1S/C12H15ClO2/c1-4-15-10-5-6-11(8(2)7-10)12(13)9(3)14/h5-7,12H,4H2,1-3H3. The van der Waals surface area contributed by atoms with Crippen molar-refractivity contribution >= 4 is 17.4 Å². The van der Waals surface area contributed by atoms with Crippen LogP contribution in [0.4, 0.5) is 0 Å². The second kappa shape index (κ2) is 5.17. The first-order valence-electron chi connectivity index (χ1n) is 4.94. The third kappa shape index (κ3) is 2.96. The van der Waals surface area contributed by atoms with E-state index in [9.17, 15) is 4.79 Å². The van der Waals surface area contributed by atoms with Crippen LogP contribution in [0.5, 0.6) is 5.75 Å². The molecule has 0 spiro atoms. The molecule has 0 aliphatic heterocycles. The molecule has 1 aromatic carbocycles. The molecule has 3 heteroatoms. The van der Waals surface area contributed by atoms with Gasteiger partial charge in [0.25, 0.3) is 0 Å². The van der Waals surface area contributed by atoms with E-state index in [2.05, 4.69) is 0 Å². The lowest BCUT2D eigenvalue weighted by molar-refractivity contribution is -0.116. The van der Waals surface area contributed by atoms with Gasteiger partial charge >= 0.3 is 0 Å². The Bertz CT molecular complexity index is 361. The molecular formula is C12H15ClO2. The van der Waals surface area contributed by atoms with E-state index in [1.807, 2.05) is 32.0 Å². The van der Waals surface area contributed by atoms with E-state index >= 15 is 0 Å². The van der Waals surface area contributed by atoms with Crippen LogP contribution in [0.1, 0.15) is 30.4 Å². The summed E-state index contributed by atoms with van der Waals surface area (Å²) >= 11 is 5.99. The van der Waals surface area contributed by atoms with Crippen molar-refractivity contribution in [2.24, 2.45) is 0 Å². The summed E-state index contributed by atoms with van der Waals surface area (Å²) in [4.78, 5) is 11.1. The molecule has 15 heavy (non-hydrogen) atoms. The van der Waals surface area contributed by atoms with Crippen LogP contribution in [0.3, 0.4) is 0 Å². The van der Waals surface area contributed by atoms with Crippen LogP contribution < -0.4 is 4.74 Å². The highest BCUT2D eigenvalue weighted by molar-refractivity contribution is 6.30. The van der Waals surface area contributed by atoms with Crippen LogP contribution in [0.15, 0.2) is 18.2 Å². The van der Waals surface area contributed by atoms with Crippen molar-refractivity contribution in [1.82, 2.24) is 0 Å². The molecule has 1 aromatic rings. The molecule has 1 atom stereocenters. The van der Waals surface area contributed by atoms with Crippen molar-refractivity contribution < 1.29 is 9.53 Å². The van der Waals surface area contributed by atoms with Gasteiger partial charge in [-0.3, -0.25) is 4.79 Å². The number of hydrogen-bond donors (Lipinski definition) is 0. The number of rotatable bonds is 4. The smallest absolute Gasteiger partial charge is 0.152 e. The second-order valence-corrected chi connectivity index (χ2v) is 3.86. The third-order valence-corrected chi connectivity index (χ3v) is 2.72. The topological polar surface area (TPSA) is 26.3 Å². The van der Waals surface area contributed by atoms with E-state index in [1.165, 1.54) is 6.92 Å². The van der Waals surface area contributed by atoms with Gasteiger partial charge in [0, 0.05) is 0 Å². The maximum absolute atomic E-state index is 11.1. The number of alkyl halides is 1. The number of halogens is 1. The summed E-state index contributed by atoms with van der Waals surface area (Å²) in [6.45, 7) is 5.99. The van der Waals surface area contributed by atoms with Gasteiger partial charge in [0.2, 0.25) is 0 Å². The van der Waals surface area contributed by atoms with Crippen LogP contribution in [-0.4, -0.2) is 12.4 Å². The zero-order valence-electron chi connectivity index (χ0n) is 9.21. The van der Waals surface area contributed by atoms with Crippen molar-refractivity contribution in [2.75, 3.05) is 6.61 Å². The molecule has 0 bridgehead atoms. The minimum atomic E-state index is -0.555. The number of ether oxygens (including phenoxy) is 1. The number of benzene rings is 1. The fraction of sp³-hybridized carbons (Fsp3) is 0.417. The lowest BCUT2D eigenvalue weighted by atomic mass is 10.0. The van der Waals surface area contributed by atoms with Gasteiger partial charge in [0.1, 0.15) is 11.1 Å². The summed E-state index contributed by atoms with van der Waals surface area (Å²) in [5, 5.41) is -0.555. The Kier molecular flexibility index (Phi) is 4.15. The first-order valence-corrected chi connectivity index (χ1v) is 5.37. The Hall–Kier alpha value is -1.02. The van der Waals surface area contributed by atoms with Crippen molar-refractivity contribution in [3.05, 3.63) is 29.3 Å². The summed E-state index contributed by atoms with van der Waals surface area (Å²) in [7, 11) is 0. The summed E-state index contributed by atoms with van der Waals surface area (Å²) < 4.78 is 5.35. The number of ketones is 1. The van der Waals surface area contributed by atoms with Gasteiger partial charge in [0.05, 0.1) is 6.61 Å². The molecular weight excluding hydrogens is 212 g/mol. The Balaban J connectivity index is 2.97. The summed E-state index contributed by atoms with van der Waals surface area (Å²) in [6, 6.07) is 5.58. The quantitative estimate of drug-likeness (QED) is 0.737. The van der Waals surface area contributed by atoms with Gasteiger partial charge in [-0.1, -0.05) is 6.07 Å². The number of carbonyl (C=O) groups is 1. The first-order chi connectivity index (χ1) is 7.06. The van der Waals surface area contributed by atoms with E-state index in [1.54, 1.807) is 0 Å². The molecule has 82 valence electrons. The zero-order valence-corrected chi connectivity index (χ0v) is 9.97. The molecule has 0 N–H and O–H groups in total. The summed E-state index contributed by atoms with van der Waals surface area (Å²) in [5.41, 5.74) is 1.84. The lowest BCUT2D eigenvalue weighted by Crippen LogP contribution is -2.04.